The van der Waals surface area contributed by atoms with Crippen LogP contribution in [0.2, 0.25) is 0 Å². The summed E-state index contributed by atoms with van der Waals surface area (Å²) in [6.07, 6.45) is 9.47. The smallest absolute Gasteiger partial charge is 0.343 e. The predicted molar refractivity (Wildman–Crippen MR) is 77.6 cm³/mol. The third-order valence-corrected chi connectivity index (χ3v) is 4.11. The minimum atomic E-state index is -0.175. The first-order valence-corrected chi connectivity index (χ1v) is 7.40. The molecular formula is C17H20O2. The fourth-order valence-corrected chi connectivity index (χ4v) is 3.07. The maximum atomic E-state index is 12.0. The Kier molecular flexibility index (Phi) is 3.67. The number of aryl methyl sites for hydroxylation is 2. The molecule has 1 aromatic carbocycles. The Morgan fingerprint density at radius 3 is 2.21 bits per heavy atom. The molecule has 1 heterocycles. The maximum Gasteiger partial charge on any atom is 0.343 e. The summed E-state index contributed by atoms with van der Waals surface area (Å²) in [5.41, 5.74) is 1.10. The van der Waals surface area contributed by atoms with Gasteiger partial charge in [0, 0.05) is 6.42 Å². The molecule has 0 radical (unpaired) electrons. The molecule has 100 valence electrons. The van der Waals surface area contributed by atoms with E-state index < -0.39 is 0 Å². The van der Waals surface area contributed by atoms with E-state index in [9.17, 15) is 4.79 Å². The first-order chi connectivity index (χ1) is 9.36. The Bertz CT molecular complexity index is 625. The molecule has 1 aliphatic carbocycles. The van der Waals surface area contributed by atoms with Gasteiger partial charge in [0.2, 0.25) is 0 Å². The molecule has 0 unspecified atom stereocenters. The molecule has 0 aliphatic heterocycles. The highest BCUT2D eigenvalue weighted by Gasteiger charge is 2.13. The second-order valence-corrected chi connectivity index (χ2v) is 5.46. The van der Waals surface area contributed by atoms with Crippen molar-refractivity contribution in [1.82, 2.24) is 0 Å². The van der Waals surface area contributed by atoms with Gasteiger partial charge in [-0.15, -0.1) is 0 Å². The summed E-state index contributed by atoms with van der Waals surface area (Å²) in [6.45, 7) is 0. The van der Waals surface area contributed by atoms with Crippen molar-refractivity contribution in [1.29, 1.82) is 0 Å². The summed E-state index contributed by atoms with van der Waals surface area (Å²) in [6, 6.07) is 7.86. The zero-order valence-corrected chi connectivity index (χ0v) is 11.3. The minimum absolute atomic E-state index is 0.175. The standard InChI is InChI=1S/C17H20O2/c18-17-15-11-8-7-9-13(15)14-10-5-3-1-2-4-6-12-16(14)19-17/h7-9,11H,1-6,10,12H2. The van der Waals surface area contributed by atoms with E-state index in [4.69, 9.17) is 4.42 Å². The van der Waals surface area contributed by atoms with Gasteiger partial charge in [0.15, 0.2) is 0 Å². The summed E-state index contributed by atoms with van der Waals surface area (Å²) < 4.78 is 5.59. The molecule has 0 saturated heterocycles. The van der Waals surface area contributed by atoms with Crippen LogP contribution < -0.4 is 5.63 Å². The molecule has 0 amide bonds. The van der Waals surface area contributed by atoms with Crippen LogP contribution in [-0.2, 0) is 12.8 Å². The van der Waals surface area contributed by atoms with Crippen LogP contribution in [0.15, 0.2) is 33.5 Å². The first kappa shape index (κ1) is 12.5. The second-order valence-electron chi connectivity index (χ2n) is 5.46. The molecule has 0 N–H and O–H groups in total. The fraction of sp³-hybridized carbons (Fsp3) is 0.471. The Hall–Kier alpha value is -1.57. The average Bonchev–Trinajstić information content (AvgIpc) is 2.45. The number of benzene rings is 1. The van der Waals surface area contributed by atoms with Crippen LogP contribution in [0.4, 0.5) is 0 Å². The van der Waals surface area contributed by atoms with Crippen molar-refractivity contribution in [2.24, 2.45) is 0 Å². The van der Waals surface area contributed by atoms with E-state index in [1.165, 1.54) is 37.7 Å². The molecule has 0 atom stereocenters. The minimum Gasteiger partial charge on any atom is -0.427 e. The van der Waals surface area contributed by atoms with Gasteiger partial charge in [0.1, 0.15) is 5.76 Å². The average molecular weight is 256 g/mol. The molecule has 2 nitrogen and oxygen atoms in total. The van der Waals surface area contributed by atoms with E-state index >= 15 is 0 Å². The summed E-state index contributed by atoms with van der Waals surface area (Å²) in [4.78, 5) is 12.0. The van der Waals surface area contributed by atoms with Crippen molar-refractivity contribution >= 4 is 10.8 Å². The van der Waals surface area contributed by atoms with Gasteiger partial charge in [-0.2, -0.15) is 0 Å². The molecule has 0 fully saturated rings. The normalized spacial score (nSPS) is 17.1. The van der Waals surface area contributed by atoms with Gasteiger partial charge in [0.05, 0.1) is 5.39 Å². The largest absolute Gasteiger partial charge is 0.427 e. The zero-order valence-electron chi connectivity index (χ0n) is 11.3. The van der Waals surface area contributed by atoms with Crippen molar-refractivity contribution in [2.75, 3.05) is 0 Å². The molecule has 2 aromatic rings. The molecule has 19 heavy (non-hydrogen) atoms. The highest BCUT2D eigenvalue weighted by atomic mass is 16.4. The molecule has 3 rings (SSSR count). The van der Waals surface area contributed by atoms with Crippen LogP contribution >= 0.6 is 0 Å². The van der Waals surface area contributed by atoms with E-state index in [-0.39, 0.29) is 5.63 Å². The summed E-state index contributed by atoms with van der Waals surface area (Å²) in [7, 11) is 0. The number of rotatable bonds is 0. The number of hydrogen-bond acceptors (Lipinski definition) is 2. The van der Waals surface area contributed by atoms with Gasteiger partial charge >= 0.3 is 5.63 Å². The Morgan fingerprint density at radius 2 is 1.42 bits per heavy atom. The lowest BCUT2D eigenvalue weighted by molar-refractivity contribution is 0.441. The highest BCUT2D eigenvalue weighted by molar-refractivity contribution is 5.84. The van der Waals surface area contributed by atoms with Crippen LogP contribution in [0.5, 0.6) is 0 Å². The van der Waals surface area contributed by atoms with Crippen molar-refractivity contribution in [3.8, 4) is 0 Å². The van der Waals surface area contributed by atoms with Crippen molar-refractivity contribution in [2.45, 2.75) is 51.4 Å². The van der Waals surface area contributed by atoms with Gasteiger partial charge in [-0.25, -0.2) is 4.79 Å². The second kappa shape index (κ2) is 5.60. The van der Waals surface area contributed by atoms with Gasteiger partial charge < -0.3 is 4.42 Å². The molecule has 1 aromatic heterocycles. The maximum absolute atomic E-state index is 12.0. The summed E-state index contributed by atoms with van der Waals surface area (Å²) in [5, 5.41) is 1.84. The van der Waals surface area contributed by atoms with Crippen LogP contribution in [0, 0.1) is 0 Å². The van der Waals surface area contributed by atoms with E-state index in [0.29, 0.717) is 0 Å². The van der Waals surface area contributed by atoms with Gasteiger partial charge in [0.25, 0.3) is 0 Å². The number of fused-ring (bicyclic) bond motifs is 3. The lowest BCUT2D eigenvalue weighted by Crippen LogP contribution is -2.08. The van der Waals surface area contributed by atoms with E-state index in [2.05, 4.69) is 6.07 Å². The van der Waals surface area contributed by atoms with Crippen LogP contribution in [0.1, 0.15) is 49.8 Å². The third-order valence-electron chi connectivity index (χ3n) is 4.11. The highest BCUT2D eigenvalue weighted by Crippen LogP contribution is 2.25. The van der Waals surface area contributed by atoms with Crippen molar-refractivity contribution in [3.63, 3.8) is 0 Å². The lowest BCUT2D eigenvalue weighted by atomic mass is 9.95. The van der Waals surface area contributed by atoms with E-state index in [0.717, 1.165) is 35.8 Å². The van der Waals surface area contributed by atoms with E-state index in [1.807, 2.05) is 18.2 Å². The van der Waals surface area contributed by atoms with E-state index in [1.54, 1.807) is 0 Å². The molecular weight excluding hydrogens is 236 g/mol. The van der Waals surface area contributed by atoms with Gasteiger partial charge in [-0.3, -0.25) is 0 Å². The van der Waals surface area contributed by atoms with Gasteiger partial charge in [-0.1, -0.05) is 43.9 Å². The van der Waals surface area contributed by atoms with Crippen LogP contribution in [0.3, 0.4) is 0 Å². The molecule has 0 saturated carbocycles. The number of hydrogen-bond donors (Lipinski definition) is 0. The summed E-state index contributed by atoms with van der Waals surface area (Å²) in [5.74, 6) is 0.936. The van der Waals surface area contributed by atoms with Crippen molar-refractivity contribution < 1.29 is 4.42 Å². The quantitative estimate of drug-likeness (QED) is 0.706. The molecule has 0 bridgehead atoms. The lowest BCUT2D eigenvalue weighted by Gasteiger charge is -2.13. The van der Waals surface area contributed by atoms with Crippen LogP contribution in [0.25, 0.3) is 10.8 Å². The molecule has 2 heteroatoms. The first-order valence-electron chi connectivity index (χ1n) is 7.40. The SMILES string of the molecule is O=c1oc2c(c3ccccc13)CCCCCCCC2. The van der Waals surface area contributed by atoms with Gasteiger partial charge in [-0.05, 0) is 36.3 Å². The predicted octanol–water partition coefficient (Wildman–Crippen LogP) is 4.23. The van der Waals surface area contributed by atoms with Crippen LogP contribution in [-0.4, -0.2) is 0 Å². The zero-order chi connectivity index (χ0) is 13.1. The monoisotopic (exact) mass is 256 g/mol. The molecule has 0 spiro atoms. The Balaban J connectivity index is 2.13. The topological polar surface area (TPSA) is 30.2 Å². The Morgan fingerprint density at radius 1 is 0.789 bits per heavy atom. The third kappa shape index (κ3) is 2.58. The van der Waals surface area contributed by atoms with Crippen molar-refractivity contribution in [3.05, 3.63) is 46.0 Å². The Labute approximate surface area is 113 Å². The fourth-order valence-electron chi connectivity index (χ4n) is 3.07. The summed E-state index contributed by atoms with van der Waals surface area (Å²) >= 11 is 0. The molecule has 1 aliphatic rings.